The Labute approximate surface area is 70.8 Å². The van der Waals surface area contributed by atoms with Crippen LogP contribution in [0, 0.1) is 5.95 Å². The molecule has 0 aliphatic rings. The molecule has 0 aliphatic carbocycles. The van der Waals surface area contributed by atoms with E-state index in [0.717, 1.165) is 4.47 Å². The molecule has 0 saturated carbocycles. The van der Waals surface area contributed by atoms with E-state index in [0.29, 0.717) is 5.65 Å². The molecule has 0 spiro atoms. The van der Waals surface area contributed by atoms with Crippen LogP contribution in [0.5, 0.6) is 0 Å². The monoisotopic (exact) mass is 214 g/mol. The zero-order valence-corrected chi connectivity index (χ0v) is 7.05. The summed E-state index contributed by atoms with van der Waals surface area (Å²) in [6.45, 7) is 0. The maximum atomic E-state index is 12.8. The lowest BCUT2D eigenvalue weighted by molar-refractivity contribution is 0.573. The predicted octanol–water partition coefficient (Wildman–Crippen LogP) is 2.24. The number of fused-ring (bicyclic) bond motifs is 1. The van der Waals surface area contributed by atoms with E-state index < -0.39 is 0 Å². The van der Waals surface area contributed by atoms with Crippen molar-refractivity contribution in [1.82, 2.24) is 9.38 Å². The molecule has 2 rings (SSSR count). The third-order valence-electron chi connectivity index (χ3n) is 1.44. The first-order chi connectivity index (χ1) is 5.29. The summed E-state index contributed by atoms with van der Waals surface area (Å²) in [5, 5.41) is 0. The van der Waals surface area contributed by atoms with Crippen LogP contribution >= 0.6 is 15.9 Å². The van der Waals surface area contributed by atoms with Gasteiger partial charge in [-0.2, -0.15) is 4.39 Å². The molecule has 4 heteroatoms. The van der Waals surface area contributed by atoms with E-state index in [-0.39, 0.29) is 5.95 Å². The van der Waals surface area contributed by atoms with E-state index in [2.05, 4.69) is 20.9 Å². The van der Waals surface area contributed by atoms with E-state index in [1.807, 2.05) is 6.07 Å². The minimum Gasteiger partial charge on any atom is -0.275 e. The van der Waals surface area contributed by atoms with E-state index in [1.54, 1.807) is 12.3 Å². The van der Waals surface area contributed by atoms with Crippen LogP contribution in [0.25, 0.3) is 5.65 Å². The van der Waals surface area contributed by atoms with Crippen molar-refractivity contribution in [2.24, 2.45) is 0 Å². The van der Waals surface area contributed by atoms with E-state index in [9.17, 15) is 4.39 Å². The van der Waals surface area contributed by atoms with Crippen molar-refractivity contribution in [1.29, 1.82) is 0 Å². The van der Waals surface area contributed by atoms with Gasteiger partial charge in [-0.15, -0.1) is 0 Å². The Bertz CT molecular complexity index is 396. The molecule has 0 atom stereocenters. The number of hydrogen-bond donors (Lipinski definition) is 0. The minimum absolute atomic E-state index is 0.346. The lowest BCUT2D eigenvalue weighted by Gasteiger charge is -1.93. The first-order valence-electron chi connectivity index (χ1n) is 3.06. The van der Waals surface area contributed by atoms with Crippen molar-refractivity contribution in [2.45, 2.75) is 0 Å². The predicted molar refractivity (Wildman–Crippen MR) is 42.9 cm³/mol. The first kappa shape index (κ1) is 6.79. The van der Waals surface area contributed by atoms with Gasteiger partial charge in [-0.3, -0.25) is 4.40 Å². The number of aromatic nitrogens is 2. The van der Waals surface area contributed by atoms with Gasteiger partial charge in [0, 0.05) is 6.20 Å². The van der Waals surface area contributed by atoms with Crippen LogP contribution in [-0.2, 0) is 0 Å². The van der Waals surface area contributed by atoms with Crippen LogP contribution in [0.15, 0.2) is 29.0 Å². The molecule has 56 valence electrons. The summed E-state index contributed by atoms with van der Waals surface area (Å²) in [5.41, 5.74) is 0.602. The highest BCUT2D eigenvalue weighted by Gasteiger charge is 2.02. The van der Waals surface area contributed by atoms with Crippen LogP contribution in [0.2, 0.25) is 0 Å². The minimum atomic E-state index is -0.346. The highest BCUT2D eigenvalue weighted by atomic mass is 79.9. The van der Waals surface area contributed by atoms with Gasteiger partial charge in [0.05, 0.1) is 10.7 Å². The average molecular weight is 215 g/mol. The van der Waals surface area contributed by atoms with Gasteiger partial charge in [-0.05, 0) is 28.1 Å². The summed E-state index contributed by atoms with van der Waals surface area (Å²) in [6.07, 6.45) is 2.82. The molecule has 0 aliphatic heterocycles. The second-order valence-corrected chi connectivity index (χ2v) is 2.98. The fraction of sp³-hybridized carbons (Fsp3) is 0. The molecule has 0 saturated heterocycles. The van der Waals surface area contributed by atoms with Crippen molar-refractivity contribution in [3.63, 3.8) is 0 Å². The standard InChI is InChI=1S/C7H4BrFN2/c8-5-2-1-3-11-6(9)4-10-7(5)11/h1-4H. The summed E-state index contributed by atoms with van der Waals surface area (Å²) >= 11 is 3.26. The second kappa shape index (κ2) is 2.30. The van der Waals surface area contributed by atoms with Crippen LogP contribution in [-0.4, -0.2) is 9.38 Å². The van der Waals surface area contributed by atoms with Crippen LogP contribution in [0.3, 0.4) is 0 Å². The fourth-order valence-corrected chi connectivity index (χ4v) is 1.39. The van der Waals surface area contributed by atoms with E-state index in [1.165, 1.54) is 10.6 Å². The van der Waals surface area contributed by atoms with Gasteiger partial charge in [0.1, 0.15) is 0 Å². The van der Waals surface area contributed by atoms with Gasteiger partial charge in [-0.25, -0.2) is 4.98 Å². The second-order valence-electron chi connectivity index (χ2n) is 2.13. The number of halogens is 2. The largest absolute Gasteiger partial charge is 0.275 e. The van der Waals surface area contributed by atoms with Gasteiger partial charge in [0.15, 0.2) is 5.65 Å². The normalized spacial score (nSPS) is 10.7. The molecular weight excluding hydrogens is 211 g/mol. The van der Waals surface area contributed by atoms with Crippen molar-refractivity contribution in [2.75, 3.05) is 0 Å². The Morgan fingerprint density at radius 2 is 2.36 bits per heavy atom. The fourth-order valence-electron chi connectivity index (χ4n) is 0.947. The zero-order chi connectivity index (χ0) is 7.84. The Morgan fingerprint density at radius 3 is 3.09 bits per heavy atom. The third kappa shape index (κ3) is 0.939. The number of nitrogens with zero attached hydrogens (tertiary/aromatic N) is 2. The van der Waals surface area contributed by atoms with Crippen LogP contribution in [0.4, 0.5) is 4.39 Å². The number of imidazole rings is 1. The maximum Gasteiger partial charge on any atom is 0.217 e. The van der Waals surface area contributed by atoms with Crippen LogP contribution in [0.1, 0.15) is 0 Å². The summed E-state index contributed by atoms with van der Waals surface area (Å²) in [7, 11) is 0. The maximum absolute atomic E-state index is 12.8. The highest BCUT2D eigenvalue weighted by molar-refractivity contribution is 9.10. The third-order valence-corrected chi connectivity index (χ3v) is 2.06. The summed E-state index contributed by atoms with van der Waals surface area (Å²) in [4.78, 5) is 3.86. The molecule has 11 heavy (non-hydrogen) atoms. The number of rotatable bonds is 0. The molecule has 2 aromatic rings. The lowest BCUT2D eigenvalue weighted by Crippen LogP contribution is -1.86. The van der Waals surface area contributed by atoms with Crippen molar-refractivity contribution in [3.05, 3.63) is 34.9 Å². The Balaban J connectivity index is 2.94. The molecular formula is C7H4BrFN2. The SMILES string of the molecule is Fc1cnc2c(Br)cccn12. The average Bonchev–Trinajstić information content (AvgIpc) is 2.35. The Kier molecular flexibility index (Phi) is 1.42. The summed E-state index contributed by atoms with van der Waals surface area (Å²) in [6, 6.07) is 3.57. The smallest absolute Gasteiger partial charge is 0.217 e. The van der Waals surface area contributed by atoms with Gasteiger partial charge < -0.3 is 0 Å². The molecule has 0 aromatic carbocycles. The topological polar surface area (TPSA) is 17.3 Å². The van der Waals surface area contributed by atoms with Gasteiger partial charge in [0.2, 0.25) is 5.95 Å². The van der Waals surface area contributed by atoms with Crippen molar-refractivity contribution < 1.29 is 4.39 Å². The van der Waals surface area contributed by atoms with Crippen molar-refractivity contribution in [3.8, 4) is 0 Å². The number of hydrogen-bond acceptors (Lipinski definition) is 1. The van der Waals surface area contributed by atoms with E-state index >= 15 is 0 Å². The van der Waals surface area contributed by atoms with E-state index in [4.69, 9.17) is 0 Å². The molecule has 2 nitrogen and oxygen atoms in total. The molecule has 0 radical (unpaired) electrons. The zero-order valence-electron chi connectivity index (χ0n) is 5.46. The summed E-state index contributed by atoms with van der Waals surface area (Å²) in [5.74, 6) is -0.346. The molecule has 0 amide bonds. The molecule has 2 aromatic heterocycles. The summed E-state index contributed by atoms with van der Waals surface area (Å²) < 4.78 is 15.0. The molecule has 0 N–H and O–H groups in total. The first-order valence-corrected chi connectivity index (χ1v) is 3.85. The van der Waals surface area contributed by atoms with Gasteiger partial charge in [0.25, 0.3) is 0 Å². The molecule has 0 fully saturated rings. The van der Waals surface area contributed by atoms with Crippen molar-refractivity contribution >= 4 is 21.6 Å². The highest BCUT2D eigenvalue weighted by Crippen LogP contribution is 2.16. The molecule has 2 heterocycles. The van der Waals surface area contributed by atoms with Crippen LogP contribution < -0.4 is 0 Å². The Hall–Kier alpha value is -0.900. The van der Waals surface area contributed by atoms with Gasteiger partial charge >= 0.3 is 0 Å². The lowest BCUT2D eigenvalue weighted by atomic mass is 10.5. The van der Waals surface area contributed by atoms with Gasteiger partial charge in [-0.1, -0.05) is 0 Å². The Morgan fingerprint density at radius 1 is 1.55 bits per heavy atom. The molecule has 0 unspecified atom stereocenters. The molecule has 0 bridgehead atoms. The number of pyridine rings is 1. The quantitative estimate of drug-likeness (QED) is 0.658.